The monoisotopic (exact) mass is 408 g/mol. The van der Waals surface area contributed by atoms with Crippen molar-refractivity contribution in [1.29, 1.82) is 0 Å². The predicted molar refractivity (Wildman–Crippen MR) is 116 cm³/mol. The highest BCUT2D eigenvalue weighted by Crippen LogP contribution is 2.27. The maximum Gasteiger partial charge on any atom is 0.223 e. The Bertz CT molecular complexity index is 1040. The molecule has 0 bridgehead atoms. The van der Waals surface area contributed by atoms with Crippen LogP contribution >= 0.6 is 0 Å². The molecule has 0 radical (unpaired) electrons. The zero-order valence-electron chi connectivity index (χ0n) is 17.7. The highest BCUT2D eigenvalue weighted by atomic mass is 16.5. The van der Waals surface area contributed by atoms with Crippen LogP contribution in [0.3, 0.4) is 0 Å². The molecule has 2 N–H and O–H groups in total. The number of benzene rings is 1. The van der Waals surface area contributed by atoms with Crippen molar-refractivity contribution >= 4 is 22.8 Å². The molecule has 0 atom stereocenters. The van der Waals surface area contributed by atoms with Gasteiger partial charge in [-0.05, 0) is 38.8 Å². The van der Waals surface area contributed by atoms with E-state index < -0.39 is 0 Å². The van der Waals surface area contributed by atoms with Gasteiger partial charge in [0.2, 0.25) is 5.91 Å². The van der Waals surface area contributed by atoms with Crippen LogP contribution in [0.25, 0.3) is 16.7 Å². The molecule has 1 aliphatic rings. The molecule has 4 rings (SSSR count). The minimum absolute atomic E-state index is 0.152. The Labute approximate surface area is 176 Å². The maximum atomic E-state index is 12.0. The smallest absolute Gasteiger partial charge is 0.223 e. The fourth-order valence-electron chi connectivity index (χ4n) is 3.60. The van der Waals surface area contributed by atoms with Crippen molar-refractivity contribution in [2.45, 2.75) is 39.7 Å². The second kappa shape index (κ2) is 8.79. The van der Waals surface area contributed by atoms with Crippen molar-refractivity contribution in [3.8, 4) is 5.69 Å². The molecule has 0 unspecified atom stereocenters. The number of ether oxygens (including phenoxy) is 1. The number of hydrogen-bond acceptors (Lipinski definition) is 6. The van der Waals surface area contributed by atoms with Gasteiger partial charge < -0.3 is 15.4 Å². The summed E-state index contributed by atoms with van der Waals surface area (Å²) in [4.78, 5) is 21.4. The van der Waals surface area contributed by atoms with E-state index in [2.05, 4.69) is 34.7 Å². The van der Waals surface area contributed by atoms with Crippen LogP contribution in [0, 0.1) is 19.8 Å². The van der Waals surface area contributed by atoms with Gasteiger partial charge >= 0.3 is 0 Å². The van der Waals surface area contributed by atoms with Gasteiger partial charge in [-0.2, -0.15) is 5.10 Å². The van der Waals surface area contributed by atoms with Crippen molar-refractivity contribution in [2.75, 3.05) is 25.5 Å². The summed E-state index contributed by atoms with van der Waals surface area (Å²) in [5.41, 5.74) is 3.71. The van der Waals surface area contributed by atoms with Crippen LogP contribution in [-0.2, 0) is 16.1 Å². The Morgan fingerprint density at radius 2 is 1.93 bits per heavy atom. The zero-order valence-corrected chi connectivity index (χ0v) is 17.7. The molecule has 2 heterocycles. The Balaban J connectivity index is 1.59. The first kappa shape index (κ1) is 20.3. The van der Waals surface area contributed by atoms with Crippen LogP contribution in [-0.4, -0.2) is 45.9 Å². The average Bonchev–Trinajstić information content (AvgIpc) is 3.01. The van der Waals surface area contributed by atoms with Gasteiger partial charge in [0.25, 0.3) is 0 Å². The van der Waals surface area contributed by atoms with Crippen LogP contribution in [0.5, 0.6) is 0 Å². The quantitative estimate of drug-likeness (QED) is 0.557. The molecule has 3 aromatic rings. The van der Waals surface area contributed by atoms with Gasteiger partial charge in [-0.3, -0.25) is 4.79 Å². The van der Waals surface area contributed by atoms with E-state index in [0.717, 1.165) is 41.7 Å². The van der Waals surface area contributed by atoms with Gasteiger partial charge in [0, 0.05) is 26.1 Å². The van der Waals surface area contributed by atoms with Crippen molar-refractivity contribution in [3.05, 3.63) is 41.3 Å². The molecular weight excluding hydrogens is 380 g/mol. The van der Waals surface area contributed by atoms with Gasteiger partial charge in [0.1, 0.15) is 12.4 Å². The number of aromatic nitrogens is 4. The Hall–Kier alpha value is -3.00. The Kier molecular flexibility index (Phi) is 5.94. The normalized spacial score (nSPS) is 14.0. The van der Waals surface area contributed by atoms with Gasteiger partial charge in [-0.1, -0.05) is 24.1 Å². The van der Waals surface area contributed by atoms with E-state index in [4.69, 9.17) is 14.8 Å². The molecule has 30 heavy (non-hydrogen) atoms. The zero-order chi connectivity index (χ0) is 21.1. The fourth-order valence-corrected chi connectivity index (χ4v) is 3.60. The highest BCUT2D eigenvalue weighted by molar-refractivity contribution is 5.90. The van der Waals surface area contributed by atoms with Crippen LogP contribution in [0.15, 0.2) is 24.3 Å². The molecule has 8 heteroatoms. The van der Waals surface area contributed by atoms with Crippen LogP contribution in [0.2, 0.25) is 0 Å². The Morgan fingerprint density at radius 3 is 2.60 bits per heavy atom. The van der Waals surface area contributed by atoms with E-state index in [1.165, 1.54) is 5.56 Å². The van der Waals surface area contributed by atoms with Gasteiger partial charge in [0.05, 0.1) is 16.8 Å². The van der Waals surface area contributed by atoms with Crippen molar-refractivity contribution < 1.29 is 9.53 Å². The number of fused-ring (bicyclic) bond motifs is 1. The van der Waals surface area contributed by atoms with Crippen molar-refractivity contribution in [2.24, 2.45) is 5.92 Å². The van der Waals surface area contributed by atoms with Gasteiger partial charge in [0.15, 0.2) is 11.5 Å². The van der Waals surface area contributed by atoms with Crippen molar-refractivity contribution in [1.82, 2.24) is 25.1 Å². The molecule has 8 nitrogen and oxygen atoms in total. The molecule has 0 aliphatic heterocycles. The first-order valence-electron chi connectivity index (χ1n) is 10.4. The van der Waals surface area contributed by atoms with E-state index in [0.29, 0.717) is 31.3 Å². The molecule has 1 aliphatic carbocycles. The van der Waals surface area contributed by atoms with E-state index in [9.17, 15) is 4.79 Å². The summed E-state index contributed by atoms with van der Waals surface area (Å²) in [6.07, 6.45) is 3.16. The van der Waals surface area contributed by atoms with Crippen molar-refractivity contribution in [3.63, 3.8) is 0 Å². The van der Waals surface area contributed by atoms with Crippen LogP contribution < -0.4 is 10.6 Å². The van der Waals surface area contributed by atoms with Gasteiger partial charge in [-0.25, -0.2) is 14.6 Å². The molecule has 158 valence electrons. The minimum Gasteiger partial charge on any atom is -0.377 e. The number of anilines is 1. The lowest BCUT2D eigenvalue weighted by atomic mass is 9.85. The molecule has 1 amide bonds. The standard InChI is InChI=1S/C22H28N6O2/c1-14-7-9-17(10-8-14)28-21-19(15(2)27-28)20(25-18(26-21)13-30-3)23-11-12-24-22(29)16-5-4-6-16/h7-10,16H,4-6,11-13H2,1-3H3,(H,24,29)(H,23,25,26). The Morgan fingerprint density at radius 1 is 1.17 bits per heavy atom. The largest absolute Gasteiger partial charge is 0.377 e. The van der Waals surface area contributed by atoms with E-state index >= 15 is 0 Å². The second-order valence-electron chi connectivity index (χ2n) is 7.80. The first-order valence-corrected chi connectivity index (χ1v) is 10.4. The summed E-state index contributed by atoms with van der Waals surface area (Å²) in [5, 5.41) is 11.9. The fraction of sp³-hybridized carbons (Fsp3) is 0.455. The number of amides is 1. The number of nitrogens with zero attached hydrogens (tertiary/aromatic N) is 4. The van der Waals surface area contributed by atoms with Gasteiger partial charge in [-0.15, -0.1) is 0 Å². The molecule has 0 spiro atoms. The van der Waals surface area contributed by atoms with E-state index in [1.807, 2.05) is 23.7 Å². The number of methoxy groups -OCH3 is 1. The number of hydrogen-bond donors (Lipinski definition) is 2. The topological polar surface area (TPSA) is 94.0 Å². The third-order valence-corrected chi connectivity index (χ3v) is 5.49. The lowest BCUT2D eigenvalue weighted by molar-refractivity contribution is -0.127. The lowest BCUT2D eigenvalue weighted by Crippen LogP contribution is -2.37. The SMILES string of the molecule is COCc1nc(NCCNC(=O)C2CCC2)c2c(C)nn(-c3ccc(C)cc3)c2n1. The molecule has 1 fully saturated rings. The average molecular weight is 409 g/mol. The molecule has 1 saturated carbocycles. The van der Waals surface area contributed by atoms with Crippen LogP contribution in [0.4, 0.5) is 5.82 Å². The lowest BCUT2D eigenvalue weighted by Gasteiger charge is -2.24. The predicted octanol–water partition coefficient (Wildman–Crippen LogP) is 2.91. The van der Waals surface area contributed by atoms with Crippen LogP contribution in [0.1, 0.15) is 36.3 Å². The first-order chi connectivity index (χ1) is 14.6. The number of rotatable bonds is 8. The summed E-state index contributed by atoms with van der Waals surface area (Å²) in [7, 11) is 1.62. The molecule has 0 saturated heterocycles. The summed E-state index contributed by atoms with van der Waals surface area (Å²) in [6, 6.07) is 8.17. The second-order valence-corrected chi connectivity index (χ2v) is 7.80. The summed E-state index contributed by atoms with van der Waals surface area (Å²) in [5.74, 6) is 1.64. The molecular formula is C22H28N6O2. The molecule has 1 aromatic carbocycles. The molecule has 2 aromatic heterocycles. The summed E-state index contributed by atoms with van der Waals surface area (Å²) >= 11 is 0. The highest BCUT2D eigenvalue weighted by Gasteiger charge is 2.24. The summed E-state index contributed by atoms with van der Waals surface area (Å²) < 4.78 is 7.10. The van der Waals surface area contributed by atoms with E-state index in [-0.39, 0.29) is 11.8 Å². The number of carbonyl (C=O) groups is 1. The minimum atomic E-state index is 0.152. The number of nitrogens with one attached hydrogen (secondary N) is 2. The maximum absolute atomic E-state index is 12.0. The third-order valence-electron chi connectivity index (χ3n) is 5.49. The number of aryl methyl sites for hydroxylation is 2. The number of carbonyl (C=O) groups excluding carboxylic acids is 1. The van der Waals surface area contributed by atoms with E-state index in [1.54, 1.807) is 7.11 Å². The summed E-state index contributed by atoms with van der Waals surface area (Å²) in [6.45, 7) is 5.44. The third kappa shape index (κ3) is 4.14.